The molecule has 19 heavy (non-hydrogen) atoms. The van der Waals surface area contributed by atoms with E-state index in [1.165, 1.54) is 0 Å². The number of piperazine rings is 1. The molecule has 1 aliphatic heterocycles. The van der Waals surface area contributed by atoms with E-state index in [0.717, 1.165) is 44.2 Å². The van der Waals surface area contributed by atoms with E-state index in [1.807, 2.05) is 6.92 Å². The van der Waals surface area contributed by atoms with Gasteiger partial charge in [-0.05, 0) is 24.4 Å². The van der Waals surface area contributed by atoms with Crippen LogP contribution in [0.5, 0.6) is 0 Å². The third kappa shape index (κ3) is 3.48. The SMILES string of the molecule is Cc1nc(Cl)nc(N2CCN(CC(C)C)CC2)c1N. The Balaban J connectivity index is 2.05. The summed E-state index contributed by atoms with van der Waals surface area (Å²) in [6.07, 6.45) is 0. The van der Waals surface area contributed by atoms with Gasteiger partial charge in [-0.3, -0.25) is 4.90 Å². The zero-order chi connectivity index (χ0) is 14.0. The highest BCUT2D eigenvalue weighted by molar-refractivity contribution is 6.28. The maximum absolute atomic E-state index is 6.06. The van der Waals surface area contributed by atoms with Crippen LogP contribution in [-0.2, 0) is 0 Å². The Morgan fingerprint density at radius 2 is 1.84 bits per heavy atom. The summed E-state index contributed by atoms with van der Waals surface area (Å²) in [5.41, 5.74) is 7.45. The van der Waals surface area contributed by atoms with Crippen molar-refractivity contribution < 1.29 is 0 Å². The summed E-state index contributed by atoms with van der Waals surface area (Å²) >= 11 is 5.92. The molecule has 0 spiro atoms. The quantitative estimate of drug-likeness (QED) is 0.857. The second-order valence-electron chi connectivity index (χ2n) is 5.50. The Morgan fingerprint density at radius 3 is 2.42 bits per heavy atom. The molecular formula is C13H22ClN5. The molecule has 0 atom stereocenters. The van der Waals surface area contributed by atoms with Gasteiger partial charge in [-0.15, -0.1) is 0 Å². The molecule has 1 fully saturated rings. The first kappa shape index (κ1) is 14.3. The van der Waals surface area contributed by atoms with E-state index in [0.29, 0.717) is 11.6 Å². The number of nitrogens with two attached hydrogens (primary N) is 1. The molecule has 106 valence electrons. The van der Waals surface area contributed by atoms with Gasteiger partial charge in [0.1, 0.15) is 0 Å². The number of hydrogen-bond acceptors (Lipinski definition) is 5. The van der Waals surface area contributed by atoms with Crippen LogP contribution in [0.2, 0.25) is 5.28 Å². The van der Waals surface area contributed by atoms with Crippen LogP contribution in [0.15, 0.2) is 0 Å². The molecule has 1 aliphatic rings. The molecule has 2 N–H and O–H groups in total. The smallest absolute Gasteiger partial charge is 0.224 e. The minimum absolute atomic E-state index is 0.270. The Bertz CT molecular complexity index is 441. The summed E-state index contributed by atoms with van der Waals surface area (Å²) in [5.74, 6) is 1.48. The summed E-state index contributed by atoms with van der Waals surface area (Å²) in [7, 11) is 0. The molecular weight excluding hydrogens is 262 g/mol. The van der Waals surface area contributed by atoms with Crippen molar-refractivity contribution in [3.05, 3.63) is 11.0 Å². The van der Waals surface area contributed by atoms with Crippen molar-refractivity contribution >= 4 is 23.1 Å². The van der Waals surface area contributed by atoms with Crippen LogP contribution in [0.1, 0.15) is 19.5 Å². The van der Waals surface area contributed by atoms with Crippen molar-refractivity contribution in [3.63, 3.8) is 0 Å². The molecule has 2 rings (SSSR count). The summed E-state index contributed by atoms with van der Waals surface area (Å²) in [4.78, 5) is 13.0. The van der Waals surface area contributed by atoms with E-state index in [9.17, 15) is 0 Å². The van der Waals surface area contributed by atoms with E-state index in [4.69, 9.17) is 17.3 Å². The van der Waals surface area contributed by atoms with Crippen molar-refractivity contribution in [2.45, 2.75) is 20.8 Å². The fraction of sp³-hybridized carbons (Fsp3) is 0.692. The van der Waals surface area contributed by atoms with Crippen molar-refractivity contribution in [1.82, 2.24) is 14.9 Å². The standard InChI is InChI=1S/C13H22ClN5/c1-9(2)8-18-4-6-19(7-5-18)12-11(15)10(3)16-13(14)17-12/h9H,4-8,15H2,1-3H3. The van der Waals surface area contributed by atoms with Crippen molar-refractivity contribution in [2.24, 2.45) is 5.92 Å². The van der Waals surface area contributed by atoms with Gasteiger partial charge >= 0.3 is 0 Å². The minimum atomic E-state index is 0.270. The highest BCUT2D eigenvalue weighted by Crippen LogP contribution is 2.25. The molecule has 0 aromatic carbocycles. The van der Waals surface area contributed by atoms with E-state index in [-0.39, 0.29) is 5.28 Å². The van der Waals surface area contributed by atoms with Crippen LogP contribution < -0.4 is 10.6 Å². The van der Waals surface area contributed by atoms with Crippen LogP contribution in [0.4, 0.5) is 11.5 Å². The first-order valence-electron chi connectivity index (χ1n) is 6.74. The van der Waals surface area contributed by atoms with Gasteiger partial charge in [-0.1, -0.05) is 13.8 Å². The molecule has 1 aromatic rings. The monoisotopic (exact) mass is 283 g/mol. The number of nitrogens with zero attached hydrogens (tertiary/aromatic N) is 4. The number of aromatic nitrogens is 2. The van der Waals surface area contributed by atoms with Gasteiger partial charge in [-0.25, -0.2) is 4.98 Å². The van der Waals surface area contributed by atoms with Crippen LogP contribution in [-0.4, -0.2) is 47.6 Å². The first-order valence-corrected chi connectivity index (χ1v) is 7.12. The van der Waals surface area contributed by atoms with Gasteiger partial charge in [-0.2, -0.15) is 4.98 Å². The fourth-order valence-electron chi connectivity index (χ4n) is 2.43. The Hall–Kier alpha value is -1.07. The second kappa shape index (κ2) is 5.92. The number of hydrogen-bond donors (Lipinski definition) is 1. The molecule has 0 radical (unpaired) electrons. The van der Waals surface area contributed by atoms with E-state index >= 15 is 0 Å². The zero-order valence-corrected chi connectivity index (χ0v) is 12.6. The van der Waals surface area contributed by atoms with Crippen LogP contribution in [0.25, 0.3) is 0 Å². The highest BCUT2D eigenvalue weighted by Gasteiger charge is 2.21. The lowest BCUT2D eigenvalue weighted by Gasteiger charge is -2.36. The summed E-state index contributed by atoms with van der Waals surface area (Å²) in [6, 6.07) is 0. The molecule has 0 unspecified atom stereocenters. The third-order valence-corrected chi connectivity index (χ3v) is 3.55. The average molecular weight is 284 g/mol. The van der Waals surface area contributed by atoms with Gasteiger partial charge in [0, 0.05) is 32.7 Å². The first-order chi connectivity index (χ1) is 8.97. The number of halogens is 1. The zero-order valence-electron chi connectivity index (χ0n) is 11.9. The minimum Gasteiger partial charge on any atom is -0.394 e. The molecule has 2 heterocycles. The predicted octanol–water partition coefficient (Wildman–Crippen LogP) is 1.80. The van der Waals surface area contributed by atoms with Crippen molar-refractivity contribution in [2.75, 3.05) is 43.4 Å². The van der Waals surface area contributed by atoms with Crippen molar-refractivity contribution in [1.29, 1.82) is 0 Å². The Morgan fingerprint density at radius 1 is 1.21 bits per heavy atom. The normalized spacial score (nSPS) is 17.2. The maximum Gasteiger partial charge on any atom is 0.224 e. The van der Waals surface area contributed by atoms with Gasteiger partial charge in [0.2, 0.25) is 5.28 Å². The van der Waals surface area contributed by atoms with Crippen LogP contribution >= 0.6 is 11.6 Å². The van der Waals surface area contributed by atoms with Crippen LogP contribution in [0.3, 0.4) is 0 Å². The van der Waals surface area contributed by atoms with E-state index in [1.54, 1.807) is 0 Å². The molecule has 1 aromatic heterocycles. The van der Waals surface area contributed by atoms with Gasteiger partial charge < -0.3 is 10.6 Å². The highest BCUT2D eigenvalue weighted by atomic mass is 35.5. The molecule has 0 aliphatic carbocycles. The lowest BCUT2D eigenvalue weighted by atomic mass is 10.2. The summed E-state index contributed by atoms with van der Waals surface area (Å²) in [6.45, 7) is 11.5. The molecule has 5 nitrogen and oxygen atoms in total. The number of aryl methyl sites for hydroxylation is 1. The summed E-state index contributed by atoms with van der Waals surface area (Å²) < 4.78 is 0. The fourth-order valence-corrected chi connectivity index (χ4v) is 2.64. The lowest BCUT2D eigenvalue weighted by Crippen LogP contribution is -2.48. The molecule has 0 amide bonds. The van der Waals surface area contributed by atoms with Crippen LogP contribution in [0, 0.1) is 12.8 Å². The number of nitrogen functional groups attached to an aromatic ring is 1. The maximum atomic E-state index is 6.06. The van der Waals surface area contributed by atoms with Gasteiger partial charge in [0.15, 0.2) is 5.82 Å². The molecule has 1 saturated heterocycles. The van der Waals surface area contributed by atoms with Crippen molar-refractivity contribution in [3.8, 4) is 0 Å². The molecule has 0 bridgehead atoms. The third-order valence-electron chi connectivity index (χ3n) is 3.38. The summed E-state index contributed by atoms with van der Waals surface area (Å²) in [5, 5.41) is 0.270. The molecule has 6 heteroatoms. The predicted molar refractivity (Wildman–Crippen MR) is 79.7 cm³/mol. The number of rotatable bonds is 3. The Labute approximate surface area is 119 Å². The molecule has 0 saturated carbocycles. The Kier molecular flexibility index (Phi) is 4.47. The lowest BCUT2D eigenvalue weighted by molar-refractivity contribution is 0.231. The average Bonchev–Trinajstić information content (AvgIpc) is 2.34. The largest absolute Gasteiger partial charge is 0.394 e. The van der Waals surface area contributed by atoms with Gasteiger partial charge in [0.25, 0.3) is 0 Å². The second-order valence-corrected chi connectivity index (χ2v) is 5.83. The van der Waals surface area contributed by atoms with E-state index in [2.05, 4.69) is 33.6 Å². The topological polar surface area (TPSA) is 58.3 Å². The van der Waals surface area contributed by atoms with Gasteiger partial charge in [0.05, 0.1) is 11.4 Å². The number of anilines is 2. The van der Waals surface area contributed by atoms with E-state index < -0.39 is 0 Å².